The highest BCUT2D eigenvalue weighted by Gasteiger charge is 2.13. The molecule has 3 heteroatoms. The molecule has 0 aliphatic carbocycles. The summed E-state index contributed by atoms with van der Waals surface area (Å²) < 4.78 is 13.1. The summed E-state index contributed by atoms with van der Waals surface area (Å²) in [6, 6.07) is 13.4. The van der Waals surface area contributed by atoms with Gasteiger partial charge in [0.1, 0.15) is 5.82 Å². The van der Waals surface area contributed by atoms with Crippen LogP contribution in [0.15, 0.2) is 54.7 Å². The molecule has 0 fully saturated rings. The summed E-state index contributed by atoms with van der Waals surface area (Å²) in [6.07, 6.45) is 1.62. The number of hydrogen-bond acceptors (Lipinski definition) is 1. The number of H-pyrrole nitrogens is 1. The second-order valence-corrected chi connectivity index (χ2v) is 4.09. The highest BCUT2D eigenvalue weighted by Crippen LogP contribution is 2.21. The molecule has 0 bridgehead atoms. The van der Waals surface area contributed by atoms with Crippen LogP contribution in [0.3, 0.4) is 0 Å². The van der Waals surface area contributed by atoms with Crippen LogP contribution in [-0.4, -0.2) is 10.8 Å². The van der Waals surface area contributed by atoms with E-state index in [1.54, 1.807) is 24.4 Å². The quantitative estimate of drug-likeness (QED) is 0.682. The average Bonchev–Trinajstić information content (AvgIpc) is 2.81. The first kappa shape index (κ1) is 10.7. The van der Waals surface area contributed by atoms with Crippen LogP contribution in [0.2, 0.25) is 0 Å². The van der Waals surface area contributed by atoms with Crippen LogP contribution < -0.4 is 0 Å². The van der Waals surface area contributed by atoms with E-state index in [0.29, 0.717) is 16.6 Å². The molecule has 2 aromatic carbocycles. The molecule has 0 aliphatic heterocycles. The minimum absolute atomic E-state index is 0.0616. The lowest BCUT2D eigenvalue weighted by Gasteiger charge is -1.99. The summed E-state index contributed by atoms with van der Waals surface area (Å²) in [4.78, 5) is 15.2. The van der Waals surface area contributed by atoms with Crippen molar-refractivity contribution in [1.29, 1.82) is 0 Å². The molecule has 0 aliphatic rings. The second-order valence-electron chi connectivity index (χ2n) is 4.09. The summed E-state index contributed by atoms with van der Waals surface area (Å²) in [7, 11) is 0. The molecule has 0 radical (unpaired) electrons. The molecule has 3 aromatic rings. The van der Waals surface area contributed by atoms with Gasteiger partial charge >= 0.3 is 0 Å². The molecule has 18 heavy (non-hydrogen) atoms. The van der Waals surface area contributed by atoms with Gasteiger partial charge in [0.05, 0.1) is 0 Å². The average molecular weight is 239 g/mol. The molecular formula is C15H10FNO. The maximum atomic E-state index is 13.1. The Morgan fingerprint density at radius 2 is 1.83 bits per heavy atom. The van der Waals surface area contributed by atoms with Gasteiger partial charge in [-0.25, -0.2) is 4.39 Å². The molecule has 3 rings (SSSR count). The van der Waals surface area contributed by atoms with E-state index in [1.807, 2.05) is 18.2 Å². The van der Waals surface area contributed by atoms with Crippen molar-refractivity contribution in [2.24, 2.45) is 0 Å². The standard InChI is InChI=1S/C15H10FNO/c16-11-6-7-12-13(9-17-14(12)8-11)15(18)10-4-2-1-3-5-10/h1-9,17H. The maximum absolute atomic E-state index is 13.1. The summed E-state index contributed by atoms with van der Waals surface area (Å²) in [5.41, 5.74) is 1.83. The summed E-state index contributed by atoms with van der Waals surface area (Å²) >= 11 is 0. The van der Waals surface area contributed by atoms with Gasteiger partial charge in [-0.05, 0) is 18.2 Å². The van der Waals surface area contributed by atoms with E-state index in [0.717, 1.165) is 5.39 Å². The van der Waals surface area contributed by atoms with Crippen molar-refractivity contribution in [2.75, 3.05) is 0 Å². The zero-order chi connectivity index (χ0) is 12.5. The lowest BCUT2D eigenvalue weighted by molar-refractivity contribution is 0.104. The smallest absolute Gasteiger partial charge is 0.195 e. The van der Waals surface area contributed by atoms with Gasteiger partial charge in [-0.2, -0.15) is 0 Å². The number of rotatable bonds is 2. The highest BCUT2D eigenvalue weighted by atomic mass is 19.1. The molecule has 1 N–H and O–H groups in total. The number of halogens is 1. The van der Waals surface area contributed by atoms with Crippen molar-refractivity contribution in [3.8, 4) is 0 Å². The summed E-state index contributed by atoms with van der Waals surface area (Å²) in [5, 5.41) is 0.741. The number of carbonyl (C=O) groups excluding carboxylic acids is 1. The highest BCUT2D eigenvalue weighted by molar-refractivity contribution is 6.16. The van der Waals surface area contributed by atoms with Gasteiger partial charge in [0.2, 0.25) is 0 Å². The van der Waals surface area contributed by atoms with Crippen LogP contribution in [0, 0.1) is 5.82 Å². The Balaban J connectivity index is 2.13. The van der Waals surface area contributed by atoms with Gasteiger partial charge in [-0.15, -0.1) is 0 Å². The molecular weight excluding hydrogens is 229 g/mol. The van der Waals surface area contributed by atoms with E-state index >= 15 is 0 Å². The van der Waals surface area contributed by atoms with Gasteiger partial charge < -0.3 is 4.98 Å². The van der Waals surface area contributed by atoms with Crippen LogP contribution >= 0.6 is 0 Å². The van der Waals surface area contributed by atoms with Crippen molar-refractivity contribution in [3.63, 3.8) is 0 Å². The minimum Gasteiger partial charge on any atom is -0.360 e. The van der Waals surface area contributed by atoms with Crippen molar-refractivity contribution in [3.05, 3.63) is 71.7 Å². The van der Waals surface area contributed by atoms with Gasteiger partial charge in [0.25, 0.3) is 0 Å². The number of carbonyl (C=O) groups is 1. The Hall–Kier alpha value is -2.42. The SMILES string of the molecule is O=C(c1ccccc1)c1c[nH]c2cc(F)ccc12. The topological polar surface area (TPSA) is 32.9 Å². The molecule has 0 saturated heterocycles. The number of benzene rings is 2. The molecule has 1 aromatic heterocycles. The van der Waals surface area contributed by atoms with Gasteiger partial charge in [0, 0.05) is 28.2 Å². The van der Waals surface area contributed by atoms with Crippen molar-refractivity contribution >= 4 is 16.7 Å². The molecule has 0 unspecified atom stereocenters. The molecule has 0 atom stereocenters. The first-order chi connectivity index (χ1) is 8.75. The van der Waals surface area contributed by atoms with E-state index in [-0.39, 0.29) is 11.6 Å². The number of fused-ring (bicyclic) bond motifs is 1. The number of nitrogens with one attached hydrogen (secondary N) is 1. The van der Waals surface area contributed by atoms with Gasteiger partial charge in [-0.1, -0.05) is 30.3 Å². The maximum Gasteiger partial charge on any atom is 0.195 e. The number of ketones is 1. The first-order valence-corrected chi connectivity index (χ1v) is 5.62. The van der Waals surface area contributed by atoms with E-state index in [2.05, 4.69) is 4.98 Å². The third kappa shape index (κ3) is 1.70. The van der Waals surface area contributed by atoms with Crippen LogP contribution in [0.25, 0.3) is 10.9 Å². The van der Waals surface area contributed by atoms with Crippen LogP contribution in [0.4, 0.5) is 4.39 Å². The monoisotopic (exact) mass is 239 g/mol. The van der Waals surface area contributed by atoms with E-state index in [1.165, 1.54) is 12.1 Å². The number of hydrogen-bond donors (Lipinski definition) is 1. The summed E-state index contributed by atoms with van der Waals surface area (Å²) in [6.45, 7) is 0. The number of aromatic amines is 1. The molecule has 0 spiro atoms. The first-order valence-electron chi connectivity index (χ1n) is 5.62. The lowest BCUT2D eigenvalue weighted by atomic mass is 10.0. The second kappa shape index (κ2) is 4.11. The molecule has 2 nitrogen and oxygen atoms in total. The van der Waals surface area contributed by atoms with Crippen molar-refractivity contribution < 1.29 is 9.18 Å². The van der Waals surface area contributed by atoms with Crippen LogP contribution in [0.5, 0.6) is 0 Å². The lowest BCUT2D eigenvalue weighted by Crippen LogP contribution is -1.99. The molecule has 0 saturated carbocycles. The fourth-order valence-corrected chi connectivity index (χ4v) is 2.03. The molecule has 0 amide bonds. The van der Waals surface area contributed by atoms with Crippen LogP contribution in [-0.2, 0) is 0 Å². The van der Waals surface area contributed by atoms with E-state index < -0.39 is 0 Å². The Labute approximate surface area is 103 Å². The fourth-order valence-electron chi connectivity index (χ4n) is 2.03. The third-order valence-corrected chi connectivity index (χ3v) is 2.92. The van der Waals surface area contributed by atoms with Gasteiger partial charge in [-0.3, -0.25) is 4.79 Å². The van der Waals surface area contributed by atoms with E-state index in [4.69, 9.17) is 0 Å². The zero-order valence-electron chi connectivity index (χ0n) is 9.48. The Morgan fingerprint density at radius 1 is 1.06 bits per heavy atom. The minimum atomic E-state index is -0.317. The van der Waals surface area contributed by atoms with E-state index in [9.17, 15) is 9.18 Å². The largest absolute Gasteiger partial charge is 0.360 e. The zero-order valence-corrected chi connectivity index (χ0v) is 9.48. The normalized spacial score (nSPS) is 10.7. The molecule has 88 valence electrons. The van der Waals surface area contributed by atoms with Crippen molar-refractivity contribution in [2.45, 2.75) is 0 Å². The third-order valence-electron chi connectivity index (χ3n) is 2.92. The Morgan fingerprint density at radius 3 is 2.61 bits per heavy atom. The predicted molar refractivity (Wildman–Crippen MR) is 68.1 cm³/mol. The summed E-state index contributed by atoms with van der Waals surface area (Å²) in [5.74, 6) is -0.378. The van der Waals surface area contributed by atoms with Crippen LogP contribution in [0.1, 0.15) is 15.9 Å². The number of aromatic nitrogens is 1. The Kier molecular flexibility index (Phi) is 2.45. The van der Waals surface area contributed by atoms with Crippen molar-refractivity contribution in [1.82, 2.24) is 4.98 Å². The Bertz CT molecular complexity index is 716. The predicted octanol–water partition coefficient (Wildman–Crippen LogP) is 3.54. The fraction of sp³-hybridized carbons (Fsp3) is 0. The van der Waals surface area contributed by atoms with Gasteiger partial charge in [0.15, 0.2) is 5.78 Å². The molecule has 1 heterocycles.